The second-order valence-corrected chi connectivity index (χ2v) is 6.33. The Hall–Kier alpha value is -3.08. The van der Waals surface area contributed by atoms with Crippen LogP contribution in [0, 0.1) is 6.92 Å². The summed E-state index contributed by atoms with van der Waals surface area (Å²) in [6.45, 7) is 2.84. The minimum absolute atomic E-state index is 0.0608. The molecule has 5 heteroatoms. The molecule has 1 heterocycles. The van der Waals surface area contributed by atoms with Crippen LogP contribution in [-0.2, 0) is 11.2 Å². The molecule has 3 rings (SSSR count). The Morgan fingerprint density at radius 1 is 1.00 bits per heavy atom. The molecule has 3 N–H and O–H groups in total. The van der Waals surface area contributed by atoms with E-state index in [1.165, 1.54) is 10.9 Å². The van der Waals surface area contributed by atoms with Gasteiger partial charge in [0, 0.05) is 42.2 Å². The van der Waals surface area contributed by atoms with Crippen LogP contribution < -0.4 is 10.6 Å². The fourth-order valence-corrected chi connectivity index (χ4v) is 2.94. The maximum Gasteiger partial charge on any atom is 0.251 e. The van der Waals surface area contributed by atoms with Crippen molar-refractivity contribution in [3.8, 4) is 0 Å². The van der Waals surface area contributed by atoms with E-state index < -0.39 is 0 Å². The molecule has 0 aliphatic heterocycles. The molecule has 0 unspecified atom stereocenters. The predicted octanol–water partition coefficient (Wildman–Crippen LogP) is 2.96. The van der Waals surface area contributed by atoms with Gasteiger partial charge in [0.2, 0.25) is 5.91 Å². The number of aromatic amines is 1. The highest BCUT2D eigenvalue weighted by molar-refractivity contribution is 5.94. The Morgan fingerprint density at radius 3 is 2.69 bits per heavy atom. The van der Waals surface area contributed by atoms with Gasteiger partial charge in [0.25, 0.3) is 5.91 Å². The highest BCUT2D eigenvalue weighted by Gasteiger charge is 2.07. The first-order valence-electron chi connectivity index (χ1n) is 8.80. The zero-order valence-corrected chi connectivity index (χ0v) is 14.8. The first-order valence-corrected chi connectivity index (χ1v) is 8.80. The first kappa shape index (κ1) is 17.7. The van der Waals surface area contributed by atoms with E-state index in [4.69, 9.17) is 0 Å². The number of aromatic nitrogens is 1. The van der Waals surface area contributed by atoms with Crippen molar-refractivity contribution in [1.82, 2.24) is 15.6 Å². The number of aryl methyl sites for hydroxylation is 1. The van der Waals surface area contributed by atoms with Crippen LogP contribution in [0.25, 0.3) is 10.9 Å². The monoisotopic (exact) mass is 349 g/mol. The van der Waals surface area contributed by atoms with Crippen molar-refractivity contribution in [3.63, 3.8) is 0 Å². The number of rotatable bonds is 7. The van der Waals surface area contributed by atoms with Gasteiger partial charge in [-0.25, -0.2) is 0 Å². The molecule has 0 saturated heterocycles. The van der Waals surface area contributed by atoms with Crippen molar-refractivity contribution in [2.45, 2.75) is 19.8 Å². The number of benzene rings is 2. The summed E-state index contributed by atoms with van der Waals surface area (Å²) < 4.78 is 0. The zero-order chi connectivity index (χ0) is 18.4. The quantitative estimate of drug-likeness (QED) is 0.613. The third kappa shape index (κ3) is 4.51. The van der Waals surface area contributed by atoms with Crippen LogP contribution in [-0.4, -0.2) is 29.9 Å². The molecule has 0 bridgehead atoms. The number of carbonyl (C=O) groups is 2. The fourth-order valence-electron chi connectivity index (χ4n) is 2.94. The van der Waals surface area contributed by atoms with E-state index >= 15 is 0 Å². The van der Waals surface area contributed by atoms with Crippen LogP contribution in [0.1, 0.15) is 27.9 Å². The fraction of sp³-hybridized carbons (Fsp3) is 0.238. The SMILES string of the molecule is Cc1cccc(C(=O)NCCC(=O)NCCc2c[nH]c3ccccc23)c1. The second-order valence-electron chi connectivity index (χ2n) is 6.33. The standard InChI is InChI=1S/C21H23N3O2/c1-15-5-4-6-16(13-15)21(26)23-12-10-20(25)22-11-9-17-14-24-19-8-3-2-7-18(17)19/h2-8,13-14,24H,9-12H2,1H3,(H,22,25)(H,23,26). The lowest BCUT2D eigenvalue weighted by atomic mass is 10.1. The number of H-pyrrole nitrogens is 1. The van der Waals surface area contributed by atoms with Gasteiger partial charge < -0.3 is 15.6 Å². The Morgan fingerprint density at radius 2 is 1.85 bits per heavy atom. The molecule has 3 aromatic rings. The van der Waals surface area contributed by atoms with Gasteiger partial charge in [-0.2, -0.15) is 0 Å². The van der Waals surface area contributed by atoms with Crippen molar-refractivity contribution in [1.29, 1.82) is 0 Å². The van der Waals surface area contributed by atoms with Gasteiger partial charge in [-0.3, -0.25) is 9.59 Å². The van der Waals surface area contributed by atoms with Crippen molar-refractivity contribution in [2.75, 3.05) is 13.1 Å². The van der Waals surface area contributed by atoms with Crippen molar-refractivity contribution < 1.29 is 9.59 Å². The molecule has 2 amide bonds. The highest BCUT2D eigenvalue weighted by Crippen LogP contribution is 2.17. The molecular formula is C21H23N3O2. The lowest BCUT2D eigenvalue weighted by Crippen LogP contribution is -2.31. The number of amides is 2. The molecule has 0 saturated carbocycles. The smallest absolute Gasteiger partial charge is 0.251 e. The first-order chi connectivity index (χ1) is 12.6. The van der Waals surface area contributed by atoms with Crippen molar-refractivity contribution >= 4 is 22.7 Å². The molecule has 1 aromatic heterocycles. The van der Waals surface area contributed by atoms with Gasteiger partial charge in [-0.05, 0) is 37.1 Å². The molecule has 5 nitrogen and oxygen atoms in total. The Balaban J connectivity index is 1.38. The number of carbonyl (C=O) groups excluding carboxylic acids is 2. The summed E-state index contributed by atoms with van der Waals surface area (Å²) in [5, 5.41) is 6.87. The molecule has 0 aliphatic carbocycles. The molecule has 2 aromatic carbocycles. The number of para-hydroxylation sites is 1. The molecule has 0 spiro atoms. The van der Waals surface area contributed by atoms with E-state index in [9.17, 15) is 9.59 Å². The molecule has 26 heavy (non-hydrogen) atoms. The summed E-state index contributed by atoms with van der Waals surface area (Å²) in [4.78, 5) is 27.2. The number of fused-ring (bicyclic) bond motifs is 1. The van der Waals surface area contributed by atoms with Crippen molar-refractivity contribution in [3.05, 3.63) is 71.4 Å². The largest absolute Gasteiger partial charge is 0.361 e. The summed E-state index contributed by atoms with van der Waals surface area (Å²) in [7, 11) is 0. The Labute approximate surface area is 152 Å². The molecule has 0 atom stereocenters. The van der Waals surface area contributed by atoms with Gasteiger partial charge in [-0.15, -0.1) is 0 Å². The summed E-state index contributed by atoms with van der Waals surface area (Å²) in [6, 6.07) is 15.5. The van der Waals surface area contributed by atoms with Crippen LogP contribution in [0.15, 0.2) is 54.7 Å². The maximum absolute atomic E-state index is 12.0. The number of nitrogens with one attached hydrogen (secondary N) is 3. The molecule has 0 radical (unpaired) electrons. The topological polar surface area (TPSA) is 74.0 Å². The minimum atomic E-state index is -0.153. The third-order valence-electron chi connectivity index (χ3n) is 4.31. The lowest BCUT2D eigenvalue weighted by molar-refractivity contribution is -0.120. The Kier molecular flexibility index (Phi) is 5.69. The summed E-state index contributed by atoms with van der Waals surface area (Å²) in [5.41, 5.74) is 3.94. The van der Waals surface area contributed by atoms with Crippen LogP contribution in [0.5, 0.6) is 0 Å². The third-order valence-corrected chi connectivity index (χ3v) is 4.31. The number of hydrogen-bond donors (Lipinski definition) is 3. The normalized spacial score (nSPS) is 10.7. The molecular weight excluding hydrogens is 326 g/mol. The van der Waals surface area contributed by atoms with E-state index in [0.717, 1.165) is 17.5 Å². The average Bonchev–Trinajstić information content (AvgIpc) is 3.05. The van der Waals surface area contributed by atoms with E-state index in [0.29, 0.717) is 18.7 Å². The van der Waals surface area contributed by atoms with Gasteiger partial charge in [-0.1, -0.05) is 35.9 Å². The van der Waals surface area contributed by atoms with E-state index in [1.807, 2.05) is 49.5 Å². The average molecular weight is 349 g/mol. The van der Waals surface area contributed by atoms with Gasteiger partial charge in [0.1, 0.15) is 0 Å². The van der Waals surface area contributed by atoms with Crippen LogP contribution in [0.2, 0.25) is 0 Å². The van der Waals surface area contributed by atoms with E-state index in [2.05, 4.69) is 21.7 Å². The molecule has 0 aliphatic rings. The minimum Gasteiger partial charge on any atom is -0.361 e. The summed E-state index contributed by atoms with van der Waals surface area (Å²) in [6.07, 6.45) is 3.02. The molecule has 0 fully saturated rings. The van der Waals surface area contributed by atoms with Crippen LogP contribution in [0.3, 0.4) is 0 Å². The summed E-state index contributed by atoms with van der Waals surface area (Å²) in [5.74, 6) is -0.213. The van der Waals surface area contributed by atoms with Gasteiger partial charge in [0.05, 0.1) is 0 Å². The van der Waals surface area contributed by atoms with Crippen LogP contribution >= 0.6 is 0 Å². The van der Waals surface area contributed by atoms with E-state index in [-0.39, 0.29) is 18.2 Å². The Bertz CT molecular complexity index is 914. The van der Waals surface area contributed by atoms with Gasteiger partial charge in [0.15, 0.2) is 0 Å². The predicted molar refractivity (Wildman–Crippen MR) is 103 cm³/mol. The second kappa shape index (κ2) is 8.34. The van der Waals surface area contributed by atoms with E-state index in [1.54, 1.807) is 6.07 Å². The lowest BCUT2D eigenvalue weighted by Gasteiger charge is -2.07. The highest BCUT2D eigenvalue weighted by atomic mass is 16.2. The van der Waals surface area contributed by atoms with Gasteiger partial charge >= 0.3 is 0 Å². The van der Waals surface area contributed by atoms with Crippen molar-refractivity contribution in [2.24, 2.45) is 0 Å². The summed E-state index contributed by atoms with van der Waals surface area (Å²) >= 11 is 0. The maximum atomic E-state index is 12.0. The molecule has 134 valence electrons. The number of hydrogen-bond acceptors (Lipinski definition) is 2. The zero-order valence-electron chi connectivity index (χ0n) is 14.8. The van der Waals surface area contributed by atoms with Crippen LogP contribution in [0.4, 0.5) is 0 Å².